The fourth-order valence-electron chi connectivity index (χ4n) is 4.30. The first kappa shape index (κ1) is 20.8. The number of methoxy groups -OCH3 is 1. The van der Waals surface area contributed by atoms with Crippen molar-refractivity contribution >= 4 is 5.91 Å². The number of carbonyl (C=O) groups is 1. The molecule has 1 N–H and O–H groups in total. The fraction of sp³-hybridized carbons (Fsp3) is 0.591. The highest BCUT2D eigenvalue weighted by Crippen LogP contribution is 2.22. The lowest BCUT2D eigenvalue weighted by atomic mass is 9.99. The number of hydrogen-bond donors (Lipinski definition) is 1. The van der Waals surface area contributed by atoms with Crippen LogP contribution in [0.3, 0.4) is 0 Å². The molecule has 2 aliphatic heterocycles. The van der Waals surface area contributed by atoms with Crippen molar-refractivity contribution in [3.8, 4) is 5.75 Å². The summed E-state index contributed by atoms with van der Waals surface area (Å²) in [5.74, 6) is 2.87. The lowest BCUT2D eigenvalue weighted by molar-refractivity contribution is -0.128. The van der Waals surface area contributed by atoms with Gasteiger partial charge in [-0.1, -0.05) is 18.2 Å². The largest absolute Gasteiger partial charge is 0.496 e. The summed E-state index contributed by atoms with van der Waals surface area (Å²) in [5.41, 5.74) is 1.19. The van der Waals surface area contributed by atoms with Gasteiger partial charge < -0.3 is 19.4 Å². The van der Waals surface area contributed by atoms with Gasteiger partial charge in [-0.05, 0) is 25.8 Å². The highest BCUT2D eigenvalue weighted by molar-refractivity contribution is 5.79. The lowest BCUT2D eigenvalue weighted by Crippen LogP contribution is -2.36. The third kappa shape index (κ3) is 4.65. The van der Waals surface area contributed by atoms with Gasteiger partial charge in [-0.15, -0.1) is 10.2 Å². The van der Waals surface area contributed by atoms with Crippen LogP contribution in [0.25, 0.3) is 0 Å². The van der Waals surface area contributed by atoms with Gasteiger partial charge in [0.25, 0.3) is 0 Å². The zero-order valence-electron chi connectivity index (χ0n) is 17.8. The summed E-state index contributed by atoms with van der Waals surface area (Å²) >= 11 is 0. The van der Waals surface area contributed by atoms with Gasteiger partial charge in [0, 0.05) is 57.3 Å². The van der Waals surface area contributed by atoms with Crippen LogP contribution in [-0.2, 0) is 29.0 Å². The van der Waals surface area contributed by atoms with Crippen molar-refractivity contribution < 1.29 is 14.3 Å². The second-order valence-corrected chi connectivity index (χ2v) is 8.08. The van der Waals surface area contributed by atoms with E-state index in [0.29, 0.717) is 13.2 Å². The Morgan fingerprint density at radius 2 is 2.03 bits per heavy atom. The van der Waals surface area contributed by atoms with Crippen molar-refractivity contribution in [1.29, 1.82) is 0 Å². The number of hydrogen-bond acceptors (Lipinski definition) is 6. The Morgan fingerprint density at radius 3 is 2.83 bits per heavy atom. The van der Waals surface area contributed by atoms with E-state index in [1.54, 1.807) is 7.11 Å². The van der Waals surface area contributed by atoms with Gasteiger partial charge in [-0.3, -0.25) is 9.69 Å². The van der Waals surface area contributed by atoms with Crippen LogP contribution in [0.4, 0.5) is 0 Å². The first-order valence-corrected chi connectivity index (χ1v) is 10.8. The van der Waals surface area contributed by atoms with Gasteiger partial charge in [0.1, 0.15) is 11.6 Å². The van der Waals surface area contributed by atoms with E-state index in [-0.39, 0.29) is 17.9 Å². The molecule has 0 bridgehead atoms. The zero-order chi connectivity index (χ0) is 20.9. The minimum atomic E-state index is -0.164. The number of carbonyl (C=O) groups excluding carboxylic acids is 1. The number of nitrogens with one attached hydrogen (secondary N) is 1. The highest BCUT2D eigenvalue weighted by atomic mass is 16.5. The summed E-state index contributed by atoms with van der Waals surface area (Å²) in [6, 6.07) is 7.99. The second-order valence-electron chi connectivity index (χ2n) is 8.08. The van der Waals surface area contributed by atoms with E-state index in [2.05, 4.69) is 31.0 Å². The van der Waals surface area contributed by atoms with Crippen molar-refractivity contribution in [2.24, 2.45) is 5.92 Å². The molecule has 30 heavy (non-hydrogen) atoms. The van der Waals surface area contributed by atoms with Gasteiger partial charge in [0.15, 0.2) is 5.82 Å². The van der Waals surface area contributed by atoms with Crippen LogP contribution in [-0.4, -0.2) is 59.0 Å². The molecule has 1 aromatic heterocycles. The van der Waals surface area contributed by atoms with Crippen LogP contribution in [0.1, 0.15) is 43.0 Å². The molecule has 1 saturated heterocycles. The number of nitrogens with zero attached hydrogens (tertiary/aromatic N) is 4. The molecule has 1 atom stereocenters. The van der Waals surface area contributed by atoms with Gasteiger partial charge in [-0.2, -0.15) is 0 Å². The number of aromatic nitrogens is 3. The number of benzene rings is 1. The monoisotopic (exact) mass is 413 g/mol. The average Bonchev–Trinajstić information content (AvgIpc) is 3.09. The Kier molecular flexibility index (Phi) is 6.64. The highest BCUT2D eigenvalue weighted by Gasteiger charge is 2.26. The Bertz CT molecular complexity index is 862. The van der Waals surface area contributed by atoms with Crippen LogP contribution in [0, 0.1) is 5.92 Å². The average molecular weight is 414 g/mol. The molecule has 0 radical (unpaired) electrons. The maximum absolute atomic E-state index is 12.6. The molecule has 1 aromatic carbocycles. The Hall–Kier alpha value is -2.45. The Balaban J connectivity index is 1.39. The van der Waals surface area contributed by atoms with Gasteiger partial charge in [-0.25, -0.2) is 0 Å². The van der Waals surface area contributed by atoms with Gasteiger partial charge >= 0.3 is 0 Å². The molecule has 4 rings (SSSR count). The maximum atomic E-state index is 12.6. The lowest BCUT2D eigenvalue weighted by Gasteiger charge is -2.24. The molecule has 1 fully saturated rings. The summed E-state index contributed by atoms with van der Waals surface area (Å²) in [4.78, 5) is 15.0. The van der Waals surface area contributed by atoms with Crippen LogP contribution in [0.5, 0.6) is 5.75 Å². The van der Waals surface area contributed by atoms with Crippen LogP contribution < -0.4 is 10.1 Å². The molecule has 0 aliphatic carbocycles. The molecule has 1 amide bonds. The second kappa shape index (κ2) is 9.57. The molecule has 3 heterocycles. The number of ether oxygens (including phenoxy) is 2. The minimum Gasteiger partial charge on any atom is -0.496 e. The molecule has 0 saturated carbocycles. The molecule has 0 spiro atoms. The SMILES string of the molecule is COc1ccccc1CN1CCc2nnc([C@@H](C)NC(=O)C3CCOCC3)n2CC1. The standard InChI is InChI=1S/C22H31N5O3/c1-16(23-22(28)17-8-13-30-14-9-17)21-25-24-20-7-10-26(11-12-27(20)21)15-18-5-3-4-6-19(18)29-2/h3-6,16-17H,7-15H2,1-2H3,(H,23,28)/t16-/m1/s1. The summed E-state index contributed by atoms with van der Waals surface area (Å²) in [6.07, 6.45) is 2.41. The van der Waals surface area contributed by atoms with E-state index in [4.69, 9.17) is 9.47 Å². The number of amides is 1. The van der Waals surface area contributed by atoms with Crippen molar-refractivity contribution in [3.05, 3.63) is 41.5 Å². The minimum absolute atomic E-state index is 0.0315. The predicted molar refractivity (Wildman–Crippen MR) is 112 cm³/mol. The fourth-order valence-corrected chi connectivity index (χ4v) is 4.30. The number of rotatable bonds is 6. The quantitative estimate of drug-likeness (QED) is 0.780. The van der Waals surface area contributed by atoms with Crippen molar-refractivity contribution in [3.63, 3.8) is 0 Å². The molecule has 8 heteroatoms. The number of para-hydroxylation sites is 1. The summed E-state index contributed by atoms with van der Waals surface area (Å²) in [5, 5.41) is 12.0. The molecule has 2 aromatic rings. The Morgan fingerprint density at radius 1 is 1.23 bits per heavy atom. The third-order valence-corrected chi connectivity index (χ3v) is 6.07. The normalized spacial score (nSPS) is 19.0. The smallest absolute Gasteiger partial charge is 0.223 e. The van der Waals surface area contributed by atoms with E-state index in [9.17, 15) is 4.79 Å². The zero-order valence-corrected chi connectivity index (χ0v) is 17.8. The van der Waals surface area contributed by atoms with Crippen LogP contribution in [0.2, 0.25) is 0 Å². The maximum Gasteiger partial charge on any atom is 0.223 e. The molecule has 8 nitrogen and oxygen atoms in total. The Labute approximate surface area is 177 Å². The van der Waals surface area contributed by atoms with Crippen molar-refractivity contribution in [2.45, 2.75) is 45.3 Å². The summed E-state index contributed by atoms with van der Waals surface area (Å²) in [7, 11) is 1.71. The summed E-state index contributed by atoms with van der Waals surface area (Å²) < 4.78 is 13.0. The van der Waals surface area contributed by atoms with Crippen molar-refractivity contribution in [2.75, 3.05) is 33.4 Å². The topological polar surface area (TPSA) is 81.5 Å². The van der Waals surface area contributed by atoms with Gasteiger partial charge in [0.05, 0.1) is 13.2 Å². The van der Waals surface area contributed by atoms with E-state index in [0.717, 1.165) is 62.8 Å². The number of fused-ring (bicyclic) bond motifs is 1. The molecule has 0 unspecified atom stereocenters. The van der Waals surface area contributed by atoms with Crippen molar-refractivity contribution in [1.82, 2.24) is 25.0 Å². The third-order valence-electron chi connectivity index (χ3n) is 6.07. The van der Waals surface area contributed by atoms with E-state index < -0.39 is 0 Å². The molecule has 2 aliphatic rings. The van der Waals surface area contributed by atoms with Crippen LogP contribution in [0.15, 0.2) is 24.3 Å². The molecular weight excluding hydrogens is 382 g/mol. The predicted octanol–water partition coefficient (Wildman–Crippen LogP) is 1.95. The first-order valence-electron chi connectivity index (χ1n) is 10.8. The first-order chi connectivity index (χ1) is 14.7. The van der Waals surface area contributed by atoms with E-state index in [1.165, 1.54) is 5.56 Å². The van der Waals surface area contributed by atoms with Crippen LogP contribution >= 0.6 is 0 Å². The van der Waals surface area contributed by atoms with Gasteiger partial charge in [0.2, 0.25) is 5.91 Å². The van der Waals surface area contributed by atoms with E-state index in [1.807, 2.05) is 25.1 Å². The van der Waals surface area contributed by atoms with E-state index >= 15 is 0 Å². The summed E-state index contributed by atoms with van der Waals surface area (Å²) in [6.45, 7) is 6.78. The molecule has 162 valence electrons. The molecular formula is C22H31N5O3.